The molecule has 0 aromatic carbocycles. The number of carbonyl (C=O) groups is 9. The standard InChI is InChI=1S/C54H97N9O11/c1-29(2)25-39(55-16)47(67)58-43(33(9)10)52(72)59(17)40(26-30(3)4)48(68)56-35(13)46(66)57-36(14)49(69)60(18)41(27-31(5)6)50(70)61(19)42(28-32(7)8)51(71)62(20)44(34(11)12)45(65)54(37(15)64,53(73)74)63(21)38-23-22-24-38/h23,29-37,39-44,55,64H,22,24-28H2,1-21H3,(H,56,68)(H,57,66)(H,58,67)(H,73,74)/t35?,36?,37?,39?,40?,41?,42?,43?,44?,54-/m1/s1. The molecule has 0 radical (unpaired) electrons. The van der Waals surface area contributed by atoms with E-state index in [2.05, 4.69) is 21.3 Å². The summed E-state index contributed by atoms with van der Waals surface area (Å²) in [7, 11) is 8.90. The molecule has 0 heterocycles. The maximum absolute atomic E-state index is 14.8. The molecule has 20 nitrogen and oxygen atoms in total. The molecule has 1 rings (SSSR count). The highest BCUT2D eigenvalue weighted by molar-refractivity contribution is 6.12. The summed E-state index contributed by atoms with van der Waals surface area (Å²) >= 11 is 0. The lowest BCUT2D eigenvalue weighted by molar-refractivity contribution is -0.168. The van der Waals surface area contributed by atoms with Crippen LogP contribution in [-0.4, -0.2) is 190 Å². The number of rotatable bonds is 31. The van der Waals surface area contributed by atoms with Crippen LogP contribution in [0, 0.1) is 35.5 Å². The van der Waals surface area contributed by atoms with E-state index in [9.17, 15) is 53.4 Å². The fraction of sp³-hybridized carbons (Fsp3) is 0.796. The number of amides is 7. The van der Waals surface area contributed by atoms with Crippen LogP contribution >= 0.6 is 0 Å². The predicted octanol–water partition coefficient (Wildman–Crippen LogP) is 3.26. The van der Waals surface area contributed by atoms with Crippen molar-refractivity contribution in [1.29, 1.82) is 0 Å². The van der Waals surface area contributed by atoms with Gasteiger partial charge in [0.05, 0.1) is 18.2 Å². The molecule has 9 unspecified atom stereocenters. The van der Waals surface area contributed by atoms with E-state index in [1.165, 1.54) is 80.5 Å². The number of nitrogens with zero attached hydrogens (tertiary/aromatic N) is 5. The molecule has 74 heavy (non-hydrogen) atoms. The first-order valence-corrected chi connectivity index (χ1v) is 26.6. The molecule has 0 spiro atoms. The lowest BCUT2D eigenvalue weighted by Gasteiger charge is -2.47. The molecule has 10 atom stereocenters. The van der Waals surface area contributed by atoms with Gasteiger partial charge in [-0.15, -0.1) is 0 Å². The lowest BCUT2D eigenvalue weighted by Crippen LogP contribution is -2.70. The van der Waals surface area contributed by atoms with Gasteiger partial charge in [-0.25, -0.2) is 4.79 Å². The summed E-state index contributed by atoms with van der Waals surface area (Å²) < 4.78 is 0. The maximum Gasteiger partial charge on any atom is 0.340 e. The molecule has 0 fully saturated rings. The number of carboxylic acids is 1. The van der Waals surface area contributed by atoms with Crippen LogP contribution in [0.1, 0.15) is 142 Å². The van der Waals surface area contributed by atoms with Crippen LogP contribution in [0.4, 0.5) is 0 Å². The number of carboxylic acid groups (broad SMARTS) is 1. The van der Waals surface area contributed by atoms with Crippen molar-refractivity contribution < 1.29 is 53.4 Å². The number of hydrogen-bond donors (Lipinski definition) is 6. The van der Waals surface area contributed by atoms with Gasteiger partial charge in [0.2, 0.25) is 46.9 Å². The largest absolute Gasteiger partial charge is 0.479 e. The monoisotopic (exact) mass is 1050 g/mol. The van der Waals surface area contributed by atoms with Gasteiger partial charge in [0, 0.05) is 40.9 Å². The van der Waals surface area contributed by atoms with Crippen molar-refractivity contribution in [2.45, 2.75) is 202 Å². The third-order valence-electron chi connectivity index (χ3n) is 14.2. The van der Waals surface area contributed by atoms with Gasteiger partial charge in [-0.3, -0.25) is 38.4 Å². The topological polar surface area (TPSA) is 258 Å². The number of aliphatic carboxylic acids is 1. The number of nitrogens with one attached hydrogen (secondary N) is 4. The van der Waals surface area contributed by atoms with Crippen molar-refractivity contribution in [1.82, 2.24) is 45.8 Å². The Bertz CT molecular complexity index is 1990. The summed E-state index contributed by atoms with van der Waals surface area (Å²) in [4.78, 5) is 133. The number of likely N-dealkylation sites (N-methyl/N-ethyl adjacent to an activating group) is 6. The van der Waals surface area contributed by atoms with Gasteiger partial charge in [0.15, 0.2) is 5.78 Å². The third kappa shape index (κ3) is 17.0. The molecule has 6 N–H and O–H groups in total. The summed E-state index contributed by atoms with van der Waals surface area (Å²) in [6, 6.07) is -8.47. The summed E-state index contributed by atoms with van der Waals surface area (Å²) in [5.74, 6) is -7.46. The van der Waals surface area contributed by atoms with Gasteiger partial charge in [-0.2, -0.15) is 0 Å². The van der Waals surface area contributed by atoms with Crippen LogP contribution in [0.5, 0.6) is 0 Å². The predicted molar refractivity (Wildman–Crippen MR) is 286 cm³/mol. The van der Waals surface area contributed by atoms with E-state index in [0.29, 0.717) is 25.0 Å². The van der Waals surface area contributed by atoms with Gasteiger partial charge in [-0.1, -0.05) is 89.2 Å². The zero-order valence-electron chi connectivity index (χ0n) is 48.8. The van der Waals surface area contributed by atoms with E-state index in [-0.39, 0.29) is 54.8 Å². The van der Waals surface area contributed by atoms with Crippen LogP contribution in [0.2, 0.25) is 0 Å². The maximum atomic E-state index is 14.8. The highest BCUT2D eigenvalue weighted by atomic mass is 16.4. The van der Waals surface area contributed by atoms with Crippen LogP contribution in [0.15, 0.2) is 11.8 Å². The average molecular weight is 1050 g/mol. The Labute approximate surface area is 442 Å². The second kappa shape index (κ2) is 29.3. The third-order valence-corrected chi connectivity index (χ3v) is 14.2. The zero-order chi connectivity index (χ0) is 57.6. The van der Waals surface area contributed by atoms with E-state index in [0.717, 1.165) is 0 Å². The Morgan fingerprint density at radius 1 is 0.541 bits per heavy atom. The van der Waals surface area contributed by atoms with Crippen molar-refractivity contribution in [3.63, 3.8) is 0 Å². The first-order valence-electron chi connectivity index (χ1n) is 26.6. The Balaban J connectivity index is 3.47. The number of aliphatic hydroxyl groups is 1. The van der Waals surface area contributed by atoms with Gasteiger partial charge >= 0.3 is 5.97 Å². The van der Waals surface area contributed by atoms with Crippen molar-refractivity contribution in [2.75, 3.05) is 42.3 Å². The second-order valence-electron chi connectivity index (χ2n) is 23.0. The molecule has 0 aliphatic heterocycles. The smallest absolute Gasteiger partial charge is 0.340 e. The molecule has 424 valence electrons. The Morgan fingerprint density at radius 3 is 1.34 bits per heavy atom. The van der Waals surface area contributed by atoms with Crippen molar-refractivity contribution in [3.05, 3.63) is 11.8 Å². The summed E-state index contributed by atoms with van der Waals surface area (Å²) in [5.41, 5.74) is -1.85. The average Bonchev–Trinajstić information content (AvgIpc) is 3.26. The Morgan fingerprint density at radius 2 is 0.959 bits per heavy atom. The molecular formula is C54H97N9O11. The molecule has 1 aliphatic rings. The molecule has 0 aromatic heterocycles. The van der Waals surface area contributed by atoms with Gasteiger partial charge < -0.3 is 56.0 Å². The highest BCUT2D eigenvalue weighted by Gasteiger charge is 2.58. The minimum atomic E-state index is -2.43. The Kier molecular flexibility index (Phi) is 26.5. The number of aliphatic hydroxyl groups excluding tert-OH is 1. The van der Waals surface area contributed by atoms with Crippen molar-refractivity contribution in [3.8, 4) is 0 Å². The molecular weight excluding hydrogens is 951 g/mol. The Hall–Kier alpha value is -5.11. The van der Waals surface area contributed by atoms with Crippen LogP contribution in [-0.2, 0) is 43.2 Å². The van der Waals surface area contributed by atoms with E-state index in [4.69, 9.17) is 0 Å². The number of allylic oxidation sites excluding steroid dienone is 2. The zero-order valence-corrected chi connectivity index (χ0v) is 48.8. The SMILES string of the molecule is CNC(CC(C)C)C(=O)NC(C(=O)N(C)C(CC(C)C)C(=O)NC(C)C(=O)NC(C)C(=O)N(C)C(CC(C)C)C(=O)N(C)C(CC(C)C)C(=O)N(C)C(C(=O)[C@@](C(=O)O)(C(C)O)N(C)C1=CCC1)C(C)C)C(C)C. The van der Waals surface area contributed by atoms with Gasteiger partial charge in [0.1, 0.15) is 36.3 Å². The van der Waals surface area contributed by atoms with Crippen LogP contribution in [0.25, 0.3) is 0 Å². The summed E-state index contributed by atoms with van der Waals surface area (Å²) in [5, 5.41) is 33.1. The fourth-order valence-electron chi connectivity index (χ4n) is 9.63. The summed E-state index contributed by atoms with van der Waals surface area (Å²) in [6.07, 6.45) is 2.41. The molecule has 1 aliphatic carbocycles. The van der Waals surface area contributed by atoms with Gasteiger partial charge in [-0.05, 0) is 102 Å². The van der Waals surface area contributed by atoms with Crippen LogP contribution in [0.3, 0.4) is 0 Å². The first kappa shape index (κ1) is 66.9. The fourth-order valence-corrected chi connectivity index (χ4v) is 9.63. The minimum absolute atomic E-state index is 0.0480. The number of carbonyl (C=O) groups excluding carboxylic acids is 8. The van der Waals surface area contributed by atoms with E-state index < -0.39 is 113 Å². The molecule has 7 amide bonds. The molecule has 0 aromatic rings. The van der Waals surface area contributed by atoms with Gasteiger partial charge in [0.25, 0.3) is 0 Å². The van der Waals surface area contributed by atoms with Crippen molar-refractivity contribution in [2.24, 2.45) is 35.5 Å². The van der Waals surface area contributed by atoms with E-state index in [1.54, 1.807) is 40.8 Å². The second-order valence-corrected chi connectivity index (χ2v) is 23.0. The number of hydrogen-bond acceptors (Lipinski definition) is 12. The number of Topliss-reactive ketones (excluding diaryl/α,β-unsaturated/α-hetero) is 1. The first-order chi connectivity index (χ1) is 34.0. The molecule has 0 saturated carbocycles. The normalized spacial score (nSPS) is 17.1. The summed E-state index contributed by atoms with van der Waals surface area (Å²) in [6.45, 7) is 26.3. The number of ketones is 1. The minimum Gasteiger partial charge on any atom is -0.479 e. The molecule has 0 bridgehead atoms. The van der Waals surface area contributed by atoms with E-state index >= 15 is 0 Å². The highest BCUT2D eigenvalue weighted by Crippen LogP contribution is 2.35. The molecule has 0 saturated heterocycles. The quantitative estimate of drug-likeness (QED) is 0.0546. The molecule has 20 heteroatoms. The van der Waals surface area contributed by atoms with Crippen LogP contribution < -0.4 is 21.3 Å². The van der Waals surface area contributed by atoms with E-state index in [1.807, 2.05) is 55.4 Å². The van der Waals surface area contributed by atoms with Crippen molar-refractivity contribution >= 4 is 53.1 Å². The lowest BCUT2D eigenvalue weighted by atomic mass is 9.78.